The van der Waals surface area contributed by atoms with Crippen LogP contribution < -0.4 is 16.2 Å². The van der Waals surface area contributed by atoms with Crippen molar-refractivity contribution in [1.82, 2.24) is 9.97 Å². The Kier molecular flexibility index (Phi) is 3.17. The zero-order valence-corrected chi connectivity index (χ0v) is 10.5. The Morgan fingerprint density at radius 1 is 1.47 bits per heavy atom. The Labute approximate surface area is 101 Å². The number of nitrogen functional groups attached to an aromatic ring is 1. The molecule has 1 fully saturated rings. The minimum absolute atomic E-state index is 0.0662. The highest BCUT2D eigenvalue weighted by Crippen LogP contribution is 2.29. The molecule has 1 aromatic heterocycles. The lowest BCUT2D eigenvalue weighted by Gasteiger charge is -2.43. The first-order chi connectivity index (χ1) is 8.06. The summed E-state index contributed by atoms with van der Waals surface area (Å²) in [5.74, 6) is 7.02. The molecule has 0 amide bonds. The standard InChI is InChI=1S/C11H19N5O/c1-8-9(15-12)13-7-14-10(8)16-4-5-17-6-11(16,2)3/h7H,4-6,12H2,1-3H3,(H,13,14,15). The van der Waals surface area contributed by atoms with Crippen molar-refractivity contribution >= 4 is 11.6 Å². The molecule has 0 atom stereocenters. The summed E-state index contributed by atoms with van der Waals surface area (Å²) in [6.07, 6.45) is 1.53. The van der Waals surface area contributed by atoms with Crippen molar-refractivity contribution in [1.29, 1.82) is 0 Å². The molecule has 3 N–H and O–H groups in total. The molecule has 94 valence electrons. The fraction of sp³-hybridized carbons (Fsp3) is 0.636. The summed E-state index contributed by atoms with van der Waals surface area (Å²) in [5, 5.41) is 0. The number of ether oxygens (including phenoxy) is 1. The molecular formula is C11H19N5O. The van der Waals surface area contributed by atoms with E-state index < -0.39 is 0 Å². The number of morpholine rings is 1. The maximum Gasteiger partial charge on any atom is 0.148 e. The van der Waals surface area contributed by atoms with E-state index in [4.69, 9.17) is 10.6 Å². The lowest BCUT2D eigenvalue weighted by Crippen LogP contribution is -2.53. The van der Waals surface area contributed by atoms with Crippen LogP contribution >= 0.6 is 0 Å². The smallest absolute Gasteiger partial charge is 0.148 e. The van der Waals surface area contributed by atoms with E-state index in [0.717, 1.165) is 24.5 Å². The van der Waals surface area contributed by atoms with Crippen LogP contribution in [0.1, 0.15) is 19.4 Å². The topological polar surface area (TPSA) is 76.3 Å². The molecule has 2 heterocycles. The van der Waals surface area contributed by atoms with E-state index in [0.29, 0.717) is 12.4 Å². The van der Waals surface area contributed by atoms with Crippen LogP contribution in [0.15, 0.2) is 6.33 Å². The van der Waals surface area contributed by atoms with E-state index in [-0.39, 0.29) is 5.54 Å². The summed E-state index contributed by atoms with van der Waals surface area (Å²) < 4.78 is 5.51. The van der Waals surface area contributed by atoms with Gasteiger partial charge in [-0.15, -0.1) is 0 Å². The van der Waals surface area contributed by atoms with Crippen molar-refractivity contribution < 1.29 is 4.74 Å². The number of aromatic nitrogens is 2. The van der Waals surface area contributed by atoms with Crippen LogP contribution in [0.3, 0.4) is 0 Å². The van der Waals surface area contributed by atoms with Gasteiger partial charge in [-0.25, -0.2) is 15.8 Å². The molecule has 17 heavy (non-hydrogen) atoms. The molecule has 0 unspecified atom stereocenters. The molecule has 2 rings (SSSR count). The van der Waals surface area contributed by atoms with E-state index in [1.807, 2.05) is 6.92 Å². The quantitative estimate of drug-likeness (QED) is 0.582. The van der Waals surface area contributed by atoms with Crippen molar-refractivity contribution in [2.24, 2.45) is 5.84 Å². The molecule has 0 saturated carbocycles. The van der Waals surface area contributed by atoms with Crippen LogP contribution in [0.2, 0.25) is 0 Å². The van der Waals surface area contributed by atoms with Crippen LogP contribution in [-0.4, -0.2) is 35.3 Å². The number of hydrazine groups is 1. The molecule has 0 aromatic carbocycles. The van der Waals surface area contributed by atoms with Crippen molar-refractivity contribution in [2.75, 3.05) is 30.1 Å². The maximum absolute atomic E-state index is 5.51. The van der Waals surface area contributed by atoms with Crippen LogP contribution in [0.25, 0.3) is 0 Å². The van der Waals surface area contributed by atoms with Gasteiger partial charge in [0.25, 0.3) is 0 Å². The van der Waals surface area contributed by atoms with Crippen LogP contribution in [0.5, 0.6) is 0 Å². The number of hydrogen-bond acceptors (Lipinski definition) is 6. The molecular weight excluding hydrogens is 218 g/mol. The molecule has 6 heteroatoms. The third-order valence-electron chi connectivity index (χ3n) is 3.10. The predicted octanol–water partition coefficient (Wildman–Crippen LogP) is 0.686. The van der Waals surface area contributed by atoms with Crippen LogP contribution in [0, 0.1) is 6.92 Å². The van der Waals surface area contributed by atoms with Crippen molar-refractivity contribution in [2.45, 2.75) is 26.3 Å². The van der Waals surface area contributed by atoms with Gasteiger partial charge in [0.2, 0.25) is 0 Å². The van der Waals surface area contributed by atoms with Gasteiger partial charge in [0.1, 0.15) is 18.0 Å². The van der Waals surface area contributed by atoms with Gasteiger partial charge in [0.05, 0.1) is 18.8 Å². The second kappa shape index (κ2) is 4.46. The molecule has 0 spiro atoms. The summed E-state index contributed by atoms with van der Waals surface area (Å²) in [7, 11) is 0. The van der Waals surface area contributed by atoms with Gasteiger partial charge < -0.3 is 15.1 Å². The van der Waals surface area contributed by atoms with Gasteiger partial charge in [0, 0.05) is 12.1 Å². The van der Waals surface area contributed by atoms with Gasteiger partial charge in [-0.2, -0.15) is 0 Å². The number of nitrogens with zero attached hydrogens (tertiary/aromatic N) is 3. The van der Waals surface area contributed by atoms with Crippen molar-refractivity contribution in [3.63, 3.8) is 0 Å². The highest BCUT2D eigenvalue weighted by molar-refractivity contribution is 5.58. The fourth-order valence-corrected chi connectivity index (χ4v) is 2.11. The second-order valence-corrected chi connectivity index (χ2v) is 4.83. The minimum atomic E-state index is -0.0662. The summed E-state index contributed by atoms with van der Waals surface area (Å²) in [4.78, 5) is 10.7. The lowest BCUT2D eigenvalue weighted by atomic mass is 10.0. The third kappa shape index (κ3) is 2.18. The van der Waals surface area contributed by atoms with Crippen LogP contribution in [0.4, 0.5) is 11.6 Å². The van der Waals surface area contributed by atoms with Crippen molar-refractivity contribution in [3.05, 3.63) is 11.9 Å². The maximum atomic E-state index is 5.51. The average molecular weight is 237 g/mol. The molecule has 6 nitrogen and oxygen atoms in total. The zero-order valence-electron chi connectivity index (χ0n) is 10.5. The van der Waals surface area contributed by atoms with E-state index in [2.05, 4.69) is 34.1 Å². The molecule has 0 radical (unpaired) electrons. The lowest BCUT2D eigenvalue weighted by molar-refractivity contribution is 0.0638. The fourth-order valence-electron chi connectivity index (χ4n) is 2.11. The van der Waals surface area contributed by atoms with Gasteiger partial charge in [-0.05, 0) is 20.8 Å². The Balaban J connectivity index is 2.39. The number of anilines is 2. The van der Waals surface area contributed by atoms with E-state index >= 15 is 0 Å². The van der Waals surface area contributed by atoms with Gasteiger partial charge in [-0.3, -0.25) is 0 Å². The number of rotatable bonds is 2. The molecule has 1 aliphatic heterocycles. The first-order valence-corrected chi connectivity index (χ1v) is 5.70. The molecule has 0 bridgehead atoms. The van der Waals surface area contributed by atoms with Crippen molar-refractivity contribution in [3.8, 4) is 0 Å². The normalized spacial score (nSPS) is 19.2. The molecule has 1 aliphatic rings. The number of hydrogen-bond donors (Lipinski definition) is 2. The summed E-state index contributed by atoms with van der Waals surface area (Å²) >= 11 is 0. The molecule has 1 aromatic rings. The highest BCUT2D eigenvalue weighted by atomic mass is 16.5. The van der Waals surface area contributed by atoms with E-state index in [1.165, 1.54) is 6.33 Å². The summed E-state index contributed by atoms with van der Waals surface area (Å²) in [5.41, 5.74) is 3.49. The van der Waals surface area contributed by atoms with Gasteiger partial charge in [-0.1, -0.05) is 0 Å². The Hall–Kier alpha value is -1.40. The first-order valence-electron chi connectivity index (χ1n) is 5.70. The zero-order chi connectivity index (χ0) is 12.5. The van der Waals surface area contributed by atoms with Gasteiger partial charge in [0.15, 0.2) is 0 Å². The Morgan fingerprint density at radius 3 is 2.88 bits per heavy atom. The van der Waals surface area contributed by atoms with E-state index in [1.54, 1.807) is 0 Å². The predicted molar refractivity (Wildman–Crippen MR) is 66.8 cm³/mol. The van der Waals surface area contributed by atoms with Gasteiger partial charge >= 0.3 is 0 Å². The largest absolute Gasteiger partial charge is 0.377 e. The highest BCUT2D eigenvalue weighted by Gasteiger charge is 2.32. The number of nitrogens with one attached hydrogen (secondary N) is 1. The molecule has 1 saturated heterocycles. The second-order valence-electron chi connectivity index (χ2n) is 4.83. The molecule has 0 aliphatic carbocycles. The third-order valence-corrected chi connectivity index (χ3v) is 3.10. The number of nitrogens with two attached hydrogens (primary N) is 1. The minimum Gasteiger partial charge on any atom is -0.377 e. The van der Waals surface area contributed by atoms with Crippen LogP contribution in [-0.2, 0) is 4.74 Å². The average Bonchev–Trinajstić information content (AvgIpc) is 2.30. The Bertz CT molecular complexity index is 407. The summed E-state index contributed by atoms with van der Waals surface area (Å²) in [6, 6.07) is 0. The van der Waals surface area contributed by atoms with E-state index in [9.17, 15) is 0 Å². The Morgan fingerprint density at radius 2 is 2.24 bits per heavy atom. The monoisotopic (exact) mass is 237 g/mol. The summed E-state index contributed by atoms with van der Waals surface area (Å²) in [6.45, 7) is 8.50. The first kappa shape index (κ1) is 12.1. The SMILES string of the molecule is Cc1c(NN)ncnc1N1CCOCC1(C)C.